The summed E-state index contributed by atoms with van der Waals surface area (Å²) >= 11 is 5.94. The van der Waals surface area contributed by atoms with E-state index >= 15 is 0 Å². The highest BCUT2D eigenvalue weighted by Gasteiger charge is 2.15. The highest BCUT2D eigenvalue weighted by Crippen LogP contribution is 2.18. The zero-order valence-electron chi connectivity index (χ0n) is 8.82. The van der Waals surface area contributed by atoms with Crippen molar-refractivity contribution in [1.29, 1.82) is 0 Å². The van der Waals surface area contributed by atoms with Gasteiger partial charge in [0, 0.05) is 17.6 Å². The zero-order chi connectivity index (χ0) is 10.7. The molecule has 0 aliphatic carbocycles. The summed E-state index contributed by atoms with van der Waals surface area (Å²) in [5.41, 5.74) is 7.28. The molecule has 15 heavy (non-hydrogen) atoms. The summed E-state index contributed by atoms with van der Waals surface area (Å²) in [6, 6.07) is 7.94. The Balaban J connectivity index is 1.97. The monoisotopic (exact) mass is 224 g/mol. The molecule has 1 heterocycles. The Labute approximate surface area is 96.0 Å². The van der Waals surface area contributed by atoms with Gasteiger partial charge in [-0.05, 0) is 43.6 Å². The van der Waals surface area contributed by atoms with Gasteiger partial charge in [-0.15, -0.1) is 0 Å². The number of rotatable bonds is 3. The van der Waals surface area contributed by atoms with Gasteiger partial charge in [0.25, 0.3) is 0 Å². The van der Waals surface area contributed by atoms with Gasteiger partial charge in [-0.1, -0.05) is 23.7 Å². The number of benzene rings is 1. The molecular formula is C12H17ClN2. The third kappa shape index (κ3) is 2.94. The number of hydrogen-bond donors (Lipinski definition) is 1. The fourth-order valence-corrected chi connectivity index (χ4v) is 2.28. The molecule has 3 heteroatoms. The first-order valence-electron chi connectivity index (χ1n) is 5.49. The fourth-order valence-electron chi connectivity index (χ4n) is 2.09. The Morgan fingerprint density at radius 1 is 1.33 bits per heavy atom. The molecule has 0 bridgehead atoms. The van der Waals surface area contributed by atoms with Gasteiger partial charge in [-0.3, -0.25) is 0 Å². The molecule has 1 aliphatic heterocycles. The van der Waals surface area contributed by atoms with Gasteiger partial charge in [-0.25, -0.2) is 0 Å². The van der Waals surface area contributed by atoms with Crippen LogP contribution in [0.25, 0.3) is 0 Å². The number of hydrogen-bond acceptors (Lipinski definition) is 2. The summed E-state index contributed by atoms with van der Waals surface area (Å²) in [6.45, 7) is 3.32. The van der Waals surface area contributed by atoms with Crippen LogP contribution in [0.15, 0.2) is 24.3 Å². The van der Waals surface area contributed by atoms with Crippen LogP contribution in [0.5, 0.6) is 0 Å². The number of nitrogens with two attached hydrogens (primary N) is 1. The second-order valence-electron chi connectivity index (χ2n) is 4.17. The number of likely N-dealkylation sites (tertiary alicyclic amines) is 1. The van der Waals surface area contributed by atoms with E-state index in [1.165, 1.54) is 25.9 Å². The molecule has 0 saturated carbocycles. The lowest BCUT2D eigenvalue weighted by Crippen LogP contribution is -2.29. The van der Waals surface area contributed by atoms with E-state index < -0.39 is 0 Å². The smallest absolute Gasteiger partial charge is 0.0424 e. The molecule has 1 saturated heterocycles. The van der Waals surface area contributed by atoms with Gasteiger partial charge < -0.3 is 10.6 Å². The van der Waals surface area contributed by atoms with Crippen LogP contribution >= 0.6 is 11.6 Å². The normalized spacial score (nSPS) is 19.3. The summed E-state index contributed by atoms with van der Waals surface area (Å²) in [6.07, 6.45) is 2.62. The van der Waals surface area contributed by atoms with Crippen molar-refractivity contribution in [3.05, 3.63) is 34.9 Å². The van der Waals surface area contributed by atoms with Crippen LogP contribution in [0.1, 0.15) is 24.4 Å². The van der Waals surface area contributed by atoms with Gasteiger partial charge in [0.05, 0.1) is 0 Å². The largest absolute Gasteiger partial charge is 0.323 e. The van der Waals surface area contributed by atoms with E-state index in [9.17, 15) is 0 Å². The van der Waals surface area contributed by atoms with Crippen molar-refractivity contribution in [3.63, 3.8) is 0 Å². The van der Waals surface area contributed by atoms with Gasteiger partial charge in [0.2, 0.25) is 0 Å². The summed E-state index contributed by atoms with van der Waals surface area (Å²) in [5.74, 6) is 0. The van der Waals surface area contributed by atoms with Gasteiger partial charge in [-0.2, -0.15) is 0 Å². The Morgan fingerprint density at radius 2 is 2.07 bits per heavy atom. The lowest BCUT2D eigenvalue weighted by molar-refractivity contribution is 0.316. The molecular weight excluding hydrogens is 208 g/mol. The molecule has 0 amide bonds. The van der Waals surface area contributed by atoms with E-state index in [1.807, 2.05) is 24.3 Å². The van der Waals surface area contributed by atoms with Crippen molar-refractivity contribution in [2.45, 2.75) is 18.9 Å². The minimum Gasteiger partial charge on any atom is -0.323 e. The zero-order valence-corrected chi connectivity index (χ0v) is 9.58. The average Bonchev–Trinajstić information content (AvgIpc) is 2.70. The molecule has 2 nitrogen and oxygen atoms in total. The van der Waals surface area contributed by atoms with Crippen molar-refractivity contribution in [2.24, 2.45) is 5.73 Å². The van der Waals surface area contributed by atoms with Crippen molar-refractivity contribution in [1.82, 2.24) is 4.90 Å². The van der Waals surface area contributed by atoms with Crippen LogP contribution in [-0.4, -0.2) is 24.5 Å². The third-order valence-corrected chi connectivity index (χ3v) is 3.17. The van der Waals surface area contributed by atoms with E-state index in [0.29, 0.717) is 0 Å². The van der Waals surface area contributed by atoms with Crippen molar-refractivity contribution in [2.75, 3.05) is 19.6 Å². The van der Waals surface area contributed by atoms with E-state index in [4.69, 9.17) is 17.3 Å². The number of nitrogens with zero attached hydrogens (tertiary/aromatic N) is 1. The molecule has 1 atom stereocenters. The molecule has 0 aromatic heterocycles. The van der Waals surface area contributed by atoms with Crippen molar-refractivity contribution in [3.8, 4) is 0 Å². The molecule has 1 aromatic rings. The maximum absolute atomic E-state index is 6.14. The standard InChI is InChI=1S/C12H17ClN2/c13-11-5-3-4-10(8-11)12(14)9-15-6-1-2-7-15/h3-5,8,12H,1-2,6-7,9,14H2. The molecule has 2 N–H and O–H groups in total. The highest BCUT2D eigenvalue weighted by atomic mass is 35.5. The SMILES string of the molecule is NC(CN1CCCC1)c1cccc(Cl)c1. The van der Waals surface area contributed by atoms with Crippen LogP contribution in [0.4, 0.5) is 0 Å². The Kier molecular flexibility index (Phi) is 3.62. The van der Waals surface area contributed by atoms with Gasteiger partial charge >= 0.3 is 0 Å². The molecule has 0 spiro atoms. The maximum Gasteiger partial charge on any atom is 0.0424 e. The lowest BCUT2D eigenvalue weighted by atomic mass is 10.1. The summed E-state index contributed by atoms with van der Waals surface area (Å²) in [7, 11) is 0. The molecule has 1 fully saturated rings. The van der Waals surface area contributed by atoms with E-state index in [0.717, 1.165) is 17.1 Å². The lowest BCUT2D eigenvalue weighted by Gasteiger charge is -2.20. The second kappa shape index (κ2) is 4.97. The average molecular weight is 225 g/mol. The summed E-state index contributed by atoms with van der Waals surface area (Å²) in [5, 5.41) is 0.768. The minimum absolute atomic E-state index is 0.0850. The second-order valence-corrected chi connectivity index (χ2v) is 4.61. The predicted molar refractivity (Wildman–Crippen MR) is 64.1 cm³/mol. The fraction of sp³-hybridized carbons (Fsp3) is 0.500. The van der Waals surface area contributed by atoms with E-state index in [2.05, 4.69) is 4.90 Å². The molecule has 1 unspecified atom stereocenters. The molecule has 1 aromatic carbocycles. The number of halogens is 1. The van der Waals surface area contributed by atoms with Crippen LogP contribution < -0.4 is 5.73 Å². The highest BCUT2D eigenvalue weighted by molar-refractivity contribution is 6.30. The van der Waals surface area contributed by atoms with Crippen LogP contribution in [0.2, 0.25) is 5.02 Å². The van der Waals surface area contributed by atoms with Crippen LogP contribution in [0, 0.1) is 0 Å². The first-order valence-corrected chi connectivity index (χ1v) is 5.87. The first kappa shape index (κ1) is 10.9. The molecule has 82 valence electrons. The van der Waals surface area contributed by atoms with Crippen molar-refractivity contribution < 1.29 is 0 Å². The van der Waals surface area contributed by atoms with Crippen LogP contribution in [-0.2, 0) is 0 Å². The van der Waals surface area contributed by atoms with Gasteiger partial charge in [0.15, 0.2) is 0 Å². The van der Waals surface area contributed by atoms with Crippen LogP contribution in [0.3, 0.4) is 0 Å². The third-order valence-electron chi connectivity index (χ3n) is 2.93. The Morgan fingerprint density at radius 3 is 2.73 bits per heavy atom. The molecule has 1 aliphatic rings. The quantitative estimate of drug-likeness (QED) is 0.855. The van der Waals surface area contributed by atoms with E-state index in [-0.39, 0.29) is 6.04 Å². The molecule has 2 rings (SSSR count). The maximum atomic E-state index is 6.14. The molecule has 0 radical (unpaired) electrons. The van der Waals surface area contributed by atoms with Crippen molar-refractivity contribution >= 4 is 11.6 Å². The Hall–Kier alpha value is -0.570. The summed E-state index contributed by atoms with van der Waals surface area (Å²) < 4.78 is 0. The predicted octanol–water partition coefficient (Wildman–Crippen LogP) is 2.44. The Bertz CT molecular complexity index is 321. The van der Waals surface area contributed by atoms with Gasteiger partial charge in [0.1, 0.15) is 0 Å². The van der Waals surface area contributed by atoms with E-state index in [1.54, 1.807) is 0 Å². The minimum atomic E-state index is 0.0850. The topological polar surface area (TPSA) is 29.3 Å². The summed E-state index contributed by atoms with van der Waals surface area (Å²) in [4.78, 5) is 2.42. The first-order chi connectivity index (χ1) is 7.25.